The fraction of sp³-hybridized carbons (Fsp3) is 0.333. The highest BCUT2D eigenvalue weighted by Gasteiger charge is 2.16. The highest BCUT2D eigenvalue weighted by molar-refractivity contribution is 7.99. The highest BCUT2D eigenvalue weighted by atomic mass is 32.2. The van der Waals surface area contributed by atoms with Crippen LogP contribution in [-0.4, -0.2) is 38.5 Å². The standard InChI is InChI=1S/C18H23N5O2S/c1-4-11-23-16(14-9-7-6-8-10-14)21-22-18(23)26-12-15(24)20-17(25)19-13(3)5-2/h4,6-10,13H,1,5,11-12H2,2-3H3,(H2,19,20,24,25)/t13-/m0/s1. The number of carbonyl (C=O) groups excluding carboxylic acids is 2. The van der Waals surface area contributed by atoms with Crippen LogP contribution in [-0.2, 0) is 11.3 Å². The average molecular weight is 373 g/mol. The van der Waals surface area contributed by atoms with Gasteiger partial charge in [0, 0.05) is 18.2 Å². The lowest BCUT2D eigenvalue weighted by Crippen LogP contribution is -2.43. The zero-order valence-corrected chi connectivity index (χ0v) is 15.8. The molecule has 3 amide bonds. The van der Waals surface area contributed by atoms with Gasteiger partial charge in [0.15, 0.2) is 11.0 Å². The predicted octanol–water partition coefficient (Wildman–Crippen LogP) is 2.85. The molecule has 26 heavy (non-hydrogen) atoms. The number of urea groups is 1. The van der Waals surface area contributed by atoms with Crippen LogP contribution in [0, 0.1) is 0 Å². The molecule has 7 nitrogen and oxygen atoms in total. The minimum absolute atomic E-state index is 0.0135. The Morgan fingerprint density at radius 3 is 2.69 bits per heavy atom. The van der Waals surface area contributed by atoms with E-state index in [1.807, 2.05) is 48.7 Å². The summed E-state index contributed by atoms with van der Waals surface area (Å²) in [6.45, 7) is 8.12. The normalized spacial score (nSPS) is 11.6. The third-order valence-electron chi connectivity index (χ3n) is 3.64. The summed E-state index contributed by atoms with van der Waals surface area (Å²) in [5.74, 6) is 0.394. The van der Waals surface area contributed by atoms with E-state index in [2.05, 4.69) is 27.4 Å². The first kappa shape index (κ1) is 19.7. The number of thioether (sulfide) groups is 1. The third kappa shape index (κ3) is 5.45. The molecule has 0 fully saturated rings. The van der Waals surface area contributed by atoms with Crippen LogP contribution in [0.3, 0.4) is 0 Å². The Kier molecular flexibility index (Phi) is 7.40. The number of benzene rings is 1. The van der Waals surface area contributed by atoms with E-state index in [1.165, 1.54) is 11.8 Å². The summed E-state index contributed by atoms with van der Waals surface area (Å²) in [5.41, 5.74) is 0.936. The fourth-order valence-electron chi connectivity index (χ4n) is 2.14. The molecule has 0 aliphatic carbocycles. The molecule has 0 spiro atoms. The molecule has 1 aromatic carbocycles. The summed E-state index contributed by atoms with van der Waals surface area (Å²) in [4.78, 5) is 23.7. The summed E-state index contributed by atoms with van der Waals surface area (Å²) in [5, 5.41) is 14.0. The number of hydrogen-bond acceptors (Lipinski definition) is 5. The summed E-state index contributed by atoms with van der Waals surface area (Å²) >= 11 is 1.23. The molecule has 1 heterocycles. The van der Waals surface area contributed by atoms with Crippen molar-refractivity contribution in [3.05, 3.63) is 43.0 Å². The summed E-state index contributed by atoms with van der Waals surface area (Å²) in [7, 11) is 0. The zero-order chi connectivity index (χ0) is 18.9. The molecule has 2 rings (SSSR count). The molecule has 1 aromatic heterocycles. The number of carbonyl (C=O) groups is 2. The minimum Gasteiger partial charge on any atom is -0.335 e. The Bertz CT molecular complexity index is 760. The van der Waals surface area contributed by atoms with E-state index in [0.29, 0.717) is 17.5 Å². The molecule has 0 aliphatic heterocycles. The van der Waals surface area contributed by atoms with Crippen molar-refractivity contribution in [2.75, 3.05) is 5.75 Å². The van der Waals surface area contributed by atoms with Crippen molar-refractivity contribution in [3.63, 3.8) is 0 Å². The van der Waals surface area contributed by atoms with Gasteiger partial charge in [-0.05, 0) is 13.3 Å². The van der Waals surface area contributed by atoms with Crippen molar-refractivity contribution in [2.45, 2.75) is 38.0 Å². The van der Waals surface area contributed by atoms with Crippen molar-refractivity contribution in [1.82, 2.24) is 25.4 Å². The Balaban J connectivity index is 2.01. The molecule has 0 bridgehead atoms. The molecule has 0 unspecified atom stereocenters. The second kappa shape index (κ2) is 9.76. The summed E-state index contributed by atoms with van der Waals surface area (Å²) in [6.07, 6.45) is 2.54. The van der Waals surface area contributed by atoms with Gasteiger partial charge in [-0.25, -0.2) is 4.79 Å². The van der Waals surface area contributed by atoms with E-state index >= 15 is 0 Å². The van der Waals surface area contributed by atoms with Crippen LogP contribution in [0.2, 0.25) is 0 Å². The van der Waals surface area contributed by atoms with Crippen LogP contribution in [0.5, 0.6) is 0 Å². The molecule has 1 atom stereocenters. The van der Waals surface area contributed by atoms with Gasteiger partial charge in [-0.15, -0.1) is 16.8 Å². The Morgan fingerprint density at radius 1 is 1.31 bits per heavy atom. The molecular formula is C18H23N5O2S. The first-order chi connectivity index (χ1) is 12.5. The van der Waals surface area contributed by atoms with E-state index in [4.69, 9.17) is 0 Å². The molecule has 8 heteroatoms. The van der Waals surface area contributed by atoms with Crippen molar-refractivity contribution in [3.8, 4) is 11.4 Å². The molecular weight excluding hydrogens is 350 g/mol. The van der Waals surface area contributed by atoms with E-state index in [9.17, 15) is 9.59 Å². The van der Waals surface area contributed by atoms with E-state index in [-0.39, 0.29) is 17.7 Å². The number of imide groups is 1. The first-order valence-electron chi connectivity index (χ1n) is 8.37. The van der Waals surface area contributed by atoms with Crippen LogP contribution >= 0.6 is 11.8 Å². The Morgan fingerprint density at radius 2 is 2.04 bits per heavy atom. The number of hydrogen-bond donors (Lipinski definition) is 2. The highest BCUT2D eigenvalue weighted by Crippen LogP contribution is 2.23. The molecule has 0 saturated heterocycles. The fourth-order valence-corrected chi connectivity index (χ4v) is 2.89. The maximum absolute atomic E-state index is 12.0. The number of rotatable bonds is 8. The molecule has 0 radical (unpaired) electrons. The van der Waals surface area contributed by atoms with E-state index in [1.54, 1.807) is 6.08 Å². The Hall–Kier alpha value is -2.61. The van der Waals surface area contributed by atoms with Crippen LogP contribution in [0.1, 0.15) is 20.3 Å². The van der Waals surface area contributed by atoms with Gasteiger partial charge in [0.2, 0.25) is 5.91 Å². The summed E-state index contributed by atoms with van der Waals surface area (Å²) in [6, 6.07) is 9.22. The molecule has 2 N–H and O–H groups in total. The van der Waals surface area contributed by atoms with Crippen LogP contribution in [0.25, 0.3) is 11.4 Å². The van der Waals surface area contributed by atoms with Gasteiger partial charge in [0.05, 0.1) is 5.75 Å². The SMILES string of the molecule is C=CCn1c(SCC(=O)NC(=O)N[C@@H](C)CC)nnc1-c1ccccc1. The quantitative estimate of drug-likeness (QED) is 0.549. The van der Waals surface area contributed by atoms with Crippen molar-refractivity contribution in [1.29, 1.82) is 0 Å². The van der Waals surface area contributed by atoms with Gasteiger partial charge < -0.3 is 5.32 Å². The molecule has 138 valence electrons. The second-order valence-electron chi connectivity index (χ2n) is 5.69. The maximum Gasteiger partial charge on any atom is 0.321 e. The van der Waals surface area contributed by atoms with E-state index in [0.717, 1.165) is 12.0 Å². The van der Waals surface area contributed by atoms with Gasteiger partial charge in [-0.2, -0.15) is 0 Å². The maximum atomic E-state index is 12.0. The average Bonchev–Trinajstić information content (AvgIpc) is 3.03. The number of nitrogens with zero attached hydrogens (tertiary/aromatic N) is 3. The van der Waals surface area contributed by atoms with Crippen LogP contribution in [0.15, 0.2) is 48.1 Å². The number of allylic oxidation sites excluding steroid dienone is 1. The molecule has 2 aromatic rings. The largest absolute Gasteiger partial charge is 0.335 e. The van der Waals surface area contributed by atoms with Gasteiger partial charge in [0.1, 0.15) is 0 Å². The van der Waals surface area contributed by atoms with Crippen LogP contribution < -0.4 is 10.6 Å². The lowest BCUT2D eigenvalue weighted by molar-refractivity contribution is -0.117. The van der Waals surface area contributed by atoms with Crippen LogP contribution in [0.4, 0.5) is 4.79 Å². The monoisotopic (exact) mass is 373 g/mol. The van der Waals surface area contributed by atoms with Gasteiger partial charge in [-0.3, -0.25) is 14.7 Å². The molecule has 0 saturated carbocycles. The lowest BCUT2D eigenvalue weighted by Gasteiger charge is -2.11. The second-order valence-corrected chi connectivity index (χ2v) is 6.63. The van der Waals surface area contributed by atoms with Gasteiger partial charge in [-0.1, -0.05) is 55.1 Å². The first-order valence-corrected chi connectivity index (χ1v) is 9.36. The predicted molar refractivity (Wildman–Crippen MR) is 103 cm³/mol. The topological polar surface area (TPSA) is 88.9 Å². The summed E-state index contributed by atoms with van der Waals surface area (Å²) < 4.78 is 1.89. The van der Waals surface area contributed by atoms with Gasteiger partial charge >= 0.3 is 6.03 Å². The van der Waals surface area contributed by atoms with E-state index < -0.39 is 6.03 Å². The number of nitrogens with one attached hydrogen (secondary N) is 2. The zero-order valence-electron chi connectivity index (χ0n) is 14.9. The number of aromatic nitrogens is 3. The van der Waals surface area contributed by atoms with Crippen molar-refractivity contribution in [2.24, 2.45) is 0 Å². The smallest absolute Gasteiger partial charge is 0.321 e. The minimum atomic E-state index is -0.484. The van der Waals surface area contributed by atoms with Gasteiger partial charge in [0.25, 0.3) is 0 Å². The van der Waals surface area contributed by atoms with Crippen molar-refractivity contribution >= 4 is 23.7 Å². The van der Waals surface area contributed by atoms with Crippen molar-refractivity contribution < 1.29 is 9.59 Å². The Labute approximate surface area is 157 Å². The number of amides is 3. The lowest BCUT2D eigenvalue weighted by atomic mass is 10.2. The third-order valence-corrected chi connectivity index (χ3v) is 4.60. The molecule has 0 aliphatic rings.